The van der Waals surface area contributed by atoms with Gasteiger partial charge in [0.2, 0.25) is 5.91 Å². The second-order valence-electron chi connectivity index (χ2n) is 8.17. The number of hydrogen-bond acceptors (Lipinski definition) is 4. The number of amides is 1. The highest BCUT2D eigenvalue weighted by atomic mass is 35.5. The van der Waals surface area contributed by atoms with Gasteiger partial charge in [0.05, 0.1) is 6.10 Å². The Morgan fingerprint density at radius 3 is 2.69 bits per heavy atom. The Morgan fingerprint density at radius 2 is 1.93 bits per heavy atom. The molecule has 0 spiro atoms. The van der Waals surface area contributed by atoms with Gasteiger partial charge in [-0.3, -0.25) is 4.79 Å². The number of aryl methyl sites for hydroxylation is 1. The Balaban J connectivity index is 1.35. The van der Waals surface area contributed by atoms with Crippen molar-refractivity contribution in [3.05, 3.63) is 40.4 Å². The first-order valence-electron chi connectivity index (χ1n) is 10.7. The van der Waals surface area contributed by atoms with Crippen LogP contribution < -0.4 is 5.32 Å². The van der Waals surface area contributed by atoms with E-state index < -0.39 is 0 Å². The third-order valence-corrected chi connectivity index (χ3v) is 6.28. The molecule has 0 aliphatic heterocycles. The van der Waals surface area contributed by atoms with Crippen molar-refractivity contribution in [1.82, 2.24) is 14.8 Å². The Hall–Kier alpha value is -1.92. The number of ether oxygens (including phenoxy) is 1. The molecule has 2 aliphatic carbocycles. The van der Waals surface area contributed by atoms with Crippen LogP contribution in [0.5, 0.6) is 0 Å². The summed E-state index contributed by atoms with van der Waals surface area (Å²) in [5, 5.41) is 12.4. The summed E-state index contributed by atoms with van der Waals surface area (Å²) < 4.78 is 8.32. The summed E-state index contributed by atoms with van der Waals surface area (Å²) in [6.45, 7) is 2.42. The van der Waals surface area contributed by atoms with E-state index in [4.69, 9.17) is 16.3 Å². The Labute approximate surface area is 177 Å². The van der Waals surface area contributed by atoms with Crippen molar-refractivity contribution in [3.8, 4) is 0 Å². The zero-order chi connectivity index (χ0) is 20.2. The standard InChI is InChI=1S/C22H29ClN4O2/c1-15-18(23)8-5-9-19(15)24-22(28)13-12-20-25-26-21(27(20)16-10-11-16)14-29-17-6-3-2-4-7-17/h5,8-9,16-17H,2-4,6-7,10-14H2,1H3,(H,24,28). The minimum absolute atomic E-state index is 0.0410. The lowest BCUT2D eigenvalue weighted by molar-refractivity contribution is -0.116. The van der Waals surface area contributed by atoms with Crippen LogP contribution in [-0.4, -0.2) is 26.8 Å². The number of rotatable bonds is 8. The lowest BCUT2D eigenvalue weighted by atomic mass is 9.98. The highest BCUT2D eigenvalue weighted by Gasteiger charge is 2.30. The molecular formula is C22H29ClN4O2. The van der Waals surface area contributed by atoms with Gasteiger partial charge in [-0.1, -0.05) is 36.9 Å². The van der Waals surface area contributed by atoms with E-state index >= 15 is 0 Å². The minimum Gasteiger partial charge on any atom is -0.370 e. The number of halogens is 1. The quantitative estimate of drug-likeness (QED) is 0.657. The van der Waals surface area contributed by atoms with Crippen LogP contribution in [0.15, 0.2) is 18.2 Å². The maximum Gasteiger partial charge on any atom is 0.224 e. The number of hydrogen-bond donors (Lipinski definition) is 1. The molecule has 4 rings (SSSR count). The van der Waals surface area contributed by atoms with Crippen LogP contribution in [0.4, 0.5) is 5.69 Å². The molecule has 156 valence electrons. The highest BCUT2D eigenvalue weighted by molar-refractivity contribution is 6.31. The van der Waals surface area contributed by atoms with Gasteiger partial charge >= 0.3 is 0 Å². The predicted octanol–water partition coefficient (Wildman–Crippen LogP) is 5.00. The van der Waals surface area contributed by atoms with Crippen LogP contribution in [0.2, 0.25) is 5.02 Å². The monoisotopic (exact) mass is 416 g/mol. The number of carbonyl (C=O) groups excluding carboxylic acids is 1. The Kier molecular flexibility index (Phi) is 6.50. The molecule has 7 heteroatoms. The summed E-state index contributed by atoms with van der Waals surface area (Å²) in [4.78, 5) is 12.4. The normalized spacial score (nSPS) is 17.4. The van der Waals surface area contributed by atoms with E-state index in [2.05, 4.69) is 20.1 Å². The summed E-state index contributed by atoms with van der Waals surface area (Å²) in [5.41, 5.74) is 1.64. The zero-order valence-electron chi connectivity index (χ0n) is 17.0. The zero-order valence-corrected chi connectivity index (χ0v) is 17.7. The van der Waals surface area contributed by atoms with Gasteiger partial charge < -0.3 is 14.6 Å². The lowest BCUT2D eigenvalue weighted by Crippen LogP contribution is -2.18. The second kappa shape index (κ2) is 9.26. The van der Waals surface area contributed by atoms with Crippen LogP contribution in [0, 0.1) is 6.92 Å². The summed E-state index contributed by atoms with van der Waals surface area (Å²) in [5.74, 6) is 1.74. The molecule has 0 radical (unpaired) electrons. The van der Waals surface area contributed by atoms with Crippen LogP contribution in [0.1, 0.15) is 74.6 Å². The smallest absolute Gasteiger partial charge is 0.224 e. The topological polar surface area (TPSA) is 69.0 Å². The molecule has 0 saturated heterocycles. The molecule has 2 aliphatic rings. The van der Waals surface area contributed by atoms with Crippen LogP contribution in [-0.2, 0) is 22.6 Å². The summed E-state index contributed by atoms with van der Waals surface area (Å²) in [7, 11) is 0. The molecule has 2 saturated carbocycles. The predicted molar refractivity (Wildman–Crippen MR) is 113 cm³/mol. The van der Waals surface area contributed by atoms with Gasteiger partial charge in [-0.2, -0.15) is 0 Å². The van der Waals surface area contributed by atoms with Gasteiger partial charge in [0.15, 0.2) is 5.82 Å². The van der Waals surface area contributed by atoms with Gasteiger partial charge in [-0.05, 0) is 50.3 Å². The molecule has 0 unspecified atom stereocenters. The van der Waals surface area contributed by atoms with Crippen molar-refractivity contribution in [2.75, 3.05) is 5.32 Å². The minimum atomic E-state index is -0.0410. The fourth-order valence-electron chi connectivity index (χ4n) is 3.99. The molecule has 1 heterocycles. The van der Waals surface area contributed by atoms with E-state index in [9.17, 15) is 4.79 Å². The number of nitrogens with one attached hydrogen (secondary N) is 1. The fraction of sp³-hybridized carbons (Fsp3) is 0.591. The molecule has 2 fully saturated rings. The molecule has 0 atom stereocenters. The van der Waals surface area contributed by atoms with Gasteiger partial charge in [-0.25, -0.2) is 0 Å². The van der Waals surface area contributed by atoms with E-state index in [1.54, 1.807) is 0 Å². The first kappa shape index (κ1) is 20.4. The fourth-order valence-corrected chi connectivity index (χ4v) is 4.16. The largest absolute Gasteiger partial charge is 0.370 e. The van der Waals surface area contributed by atoms with E-state index in [1.165, 1.54) is 19.3 Å². The number of aromatic nitrogens is 3. The van der Waals surface area contributed by atoms with Gasteiger partial charge in [0, 0.05) is 29.6 Å². The molecule has 2 aromatic rings. The number of nitrogens with zero attached hydrogens (tertiary/aromatic N) is 3. The summed E-state index contributed by atoms with van der Waals surface area (Å²) in [6, 6.07) is 5.99. The van der Waals surface area contributed by atoms with Crippen molar-refractivity contribution in [2.24, 2.45) is 0 Å². The number of carbonyl (C=O) groups is 1. The van der Waals surface area contributed by atoms with Crippen molar-refractivity contribution < 1.29 is 9.53 Å². The average molecular weight is 417 g/mol. The van der Waals surface area contributed by atoms with Crippen molar-refractivity contribution in [3.63, 3.8) is 0 Å². The van der Waals surface area contributed by atoms with Crippen molar-refractivity contribution in [1.29, 1.82) is 0 Å². The molecular weight excluding hydrogens is 388 g/mol. The summed E-state index contributed by atoms with van der Waals surface area (Å²) >= 11 is 6.14. The van der Waals surface area contributed by atoms with Gasteiger partial charge in [0.25, 0.3) is 0 Å². The molecule has 1 aromatic carbocycles. The van der Waals surface area contributed by atoms with Crippen LogP contribution in [0.3, 0.4) is 0 Å². The molecule has 1 N–H and O–H groups in total. The van der Waals surface area contributed by atoms with E-state index in [0.717, 1.165) is 48.6 Å². The van der Waals surface area contributed by atoms with E-state index in [-0.39, 0.29) is 5.91 Å². The van der Waals surface area contributed by atoms with Gasteiger partial charge in [-0.15, -0.1) is 10.2 Å². The lowest BCUT2D eigenvalue weighted by Gasteiger charge is -2.22. The molecule has 1 aromatic heterocycles. The summed E-state index contributed by atoms with van der Waals surface area (Å²) in [6.07, 6.45) is 9.70. The highest BCUT2D eigenvalue weighted by Crippen LogP contribution is 2.37. The molecule has 1 amide bonds. The molecule has 0 bridgehead atoms. The maximum atomic E-state index is 12.4. The SMILES string of the molecule is Cc1c(Cl)cccc1NC(=O)CCc1nnc(COC2CCCCC2)n1C1CC1. The average Bonchev–Trinajstić information content (AvgIpc) is 3.49. The first-order chi connectivity index (χ1) is 14.1. The number of benzene rings is 1. The number of anilines is 1. The third kappa shape index (κ3) is 5.17. The third-order valence-electron chi connectivity index (χ3n) is 5.87. The second-order valence-corrected chi connectivity index (χ2v) is 8.57. The van der Waals surface area contributed by atoms with Crippen molar-refractivity contribution in [2.45, 2.75) is 83.5 Å². The maximum absolute atomic E-state index is 12.4. The van der Waals surface area contributed by atoms with Crippen LogP contribution >= 0.6 is 11.6 Å². The molecule has 6 nitrogen and oxygen atoms in total. The molecule has 29 heavy (non-hydrogen) atoms. The van der Waals surface area contributed by atoms with Crippen LogP contribution in [0.25, 0.3) is 0 Å². The Bertz CT molecular complexity index is 856. The first-order valence-corrected chi connectivity index (χ1v) is 11.1. The van der Waals surface area contributed by atoms with E-state index in [0.29, 0.717) is 36.6 Å². The van der Waals surface area contributed by atoms with Gasteiger partial charge in [0.1, 0.15) is 12.4 Å². The van der Waals surface area contributed by atoms with E-state index in [1.807, 2.05) is 25.1 Å². The van der Waals surface area contributed by atoms with Crippen molar-refractivity contribution >= 4 is 23.2 Å². The Morgan fingerprint density at radius 1 is 1.17 bits per heavy atom.